The predicted molar refractivity (Wildman–Crippen MR) is 155 cm³/mol. The Bertz CT molecular complexity index is 1590. The fraction of sp³-hybridized carbons (Fsp3) is 0.281. The van der Waals surface area contributed by atoms with Gasteiger partial charge >= 0.3 is 0 Å². The second-order valence-electron chi connectivity index (χ2n) is 10.1. The van der Waals surface area contributed by atoms with Gasteiger partial charge in [-0.3, -0.25) is 4.79 Å². The molecule has 2 aromatic heterocycles. The number of anilines is 1. The SMILES string of the molecule is C=CC(=O)N1CCC(C#Cc2c(-c3ccc(Oc4ccccc4)cc3)c3c(N)ncnc3n2C2CCOC2)CC1. The van der Waals surface area contributed by atoms with Gasteiger partial charge in [0.2, 0.25) is 5.91 Å². The average molecular weight is 534 g/mol. The third kappa shape index (κ3) is 5.04. The number of para-hydroxylation sites is 1. The molecule has 0 spiro atoms. The summed E-state index contributed by atoms with van der Waals surface area (Å²) in [6.07, 6.45) is 5.40. The lowest BCUT2D eigenvalue weighted by Crippen LogP contribution is -2.37. The van der Waals surface area contributed by atoms with E-state index in [1.165, 1.54) is 12.4 Å². The smallest absolute Gasteiger partial charge is 0.245 e. The molecule has 1 amide bonds. The number of carbonyl (C=O) groups is 1. The first-order valence-corrected chi connectivity index (χ1v) is 13.6. The van der Waals surface area contributed by atoms with E-state index in [2.05, 4.69) is 33.0 Å². The third-order valence-corrected chi connectivity index (χ3v) is 7.58. The number of amides is 1. The number of hydrogen-bond acceptors (Lipinski definition) is 6. The molecule has 6 rings (SSSR count). The van der Waals surface area contributed by atoms with Crippen LogP contribution in [0.25, 0.3) is 22.2 Å². The van der Waals surface area contributed by atoms with Gasteiger partial charge < -0.3 is 24.7 Å². The largest absolute Gasteiger partial charge is 0.457 e. The number of nitrogens with two attached hydrogens (primary N) is 1. The normalized spacial score (nSPS) is 17.4. The maximum atomic E-state index is 12.0. The van der Waals surface area contributed by atoms with Crippen LogP contribution in [0.5, 0.6) is 11.5 Å². The standard InChI is InChI=1S/C32H31N5O3/c1-2-28(38)36-17-14-22(15-18-36)8-13-27-29(23-9-11-26(12-10-23)40-25-6-4-3-5-7-25)30-31(33)34-21-35-32(30)37(27)24-16-19-39-20-24/h2-7,9-12,21-22,24H,1,14-20H2,(H2,33,34,35). The first kappa shape index (κ1) is 25.7. The number of fused-ring (bicyclic) bond motifs is 1. The number of carbonyl (C=O) groups excluding carboxylic acids is 1. The number of nitrogens with zero attached hydrogens (tertiary/aromatic N) is 4. The molecule has 8 nitrogen and oxygen atoms in total. The van der Waals surface area contributed by atoms with Crippen LogP contribution in [0.2, 0.25) is 0 Å². The van der Waals surface area contributed by atoms with Crippen LogP contribution in [0.15, 0.2) is 73.6 Å². The molecule has 1 unspecified atom stereocenters. The number of ether oxygens (including phenoxy) is 2. The Labute approximate surface area is 233 Å². The van der Waals surface area contributed by atoms with Crippen LogP contribution < -0.4 is 10.5 Å². The van der Waals surface area contributed by atoms with Crippen LogP contribution >= 0.6 is 0 Å². The zero-order valence-corrected chi connectivity index (χ0v) is 22.3. The lowest BCUT2D eigenvalue weighted by Gasteiger charge is -2.28. The molecule has 0 aliphatic carbocycles. The molecule has 202 valence electrons. The minimum absolute atomic E-state index is 0.0243. The number of rotatable bonds is 5. The van der Waals surface area contributed by atoms with Gasteiger partial charge in [-0.2, -0.15) is 0 Å². The van der Waals surface area contributed by atoms with Crippen molar-refractivity contribution in [3.8, 4) is 34.5 Å². The quantitative estimate of drug-likeness (QED) is 0.280. The first-order chi connectivity index (χ1) is 19.6. The van der Waals surface area contributed by atoms with Crippen LogP contribution in [0.1, 0.15) is 31.0 Å². The highest BCUT2D eigenvalue weighted by atomic mass is 16.5. The summed E-state index contributed by atoms with van der Waals surface area (Å²) in [6.45, 7) is 6.25. The maximum absolute atomic E-state index is 12.0. The zero-order chi connectivity index (χ0) is 27.5. The Hall–Kier alpha value is -4.61. The lowest BCUT2D eigenvalue weighted by molar-refractivity contribution is -0.127. The number of nitrogen functional groups attached to an aromatic ring is 1. The summed E-state index contributed by atoms with van der Waals surface area (Å²) in [6, 6.07) is 17.8. The van der Waals surface area contributed by atoms with Crippen molar-refractivity contribution >= 4 is 22.8 Å². The Morgan fingerprint density at radius 3 is 2.50 bits per heavy atom. The van der Waals surface area contributed by atoms with Crippen LogP contribution in [0, 0.1) is 17.8 Å². The Kier molecular flexibility index (Phi) is 7.21. The molecule has 4 heterocycles. The minimum Gasteiger partial charge on any atom is -0.457 e. The zero-order valence-electron chi connectivity index (χ0n) is 22.3. The molecule has 4 aromatic rings. The molecule has 2 aliphatic rings. The van der Waals surface area contributed by atoms with E-state index in [4.69, 9.17) is 15.2 Å². The van der Waals surface area contributed by atoms with Gasteiger partial charge in [0.1, 0.15) is 35.0 Å². The summed E-state index contributed by atoms with van der Waals surface area (Å²) in [5.74, 6) is 9.15. The second-order valence-corrected chi connectivity index (χ2v) is 10.1. The van der Waals surface area contributed by atoms with Gasteiger partial charge in [0.05, 0.1) is 18.0 Å². The van der Waals surface area contributed by atoms with Crippen molar-refractivity contribution in [2.45, 2.75) is 25.3 Å². The van der Waals surface area contributed by atoms with Gasteiger partial charge in [0, 0.05) is 31.2 Å². The molecule has 2 N–H and O–H groups in total. The highest BCUT2D eigenvalue weighted by molar-refractivity contribution is 6.03. The fourth-order valence-corrected chi connectivity index (χ4v) is 5.50. The van der Waals surface area contributed by atoms with E-state index in [0.717, 1.165) is 58.6 Å². The third-order valence-electron chi connectivity index (χ3n) is 7.58. The first-order valence-electron chi connectivity index (χ1n) is 13.6. The summed E-state index contributed by atoms with van der Waals surface area (Å²) >= 11 is 0. The molecule has 8 heteroatoms. The number of benzene rings is 2. The average Bonchev–Trinajstić information content (AvgIpc) is 3.64. The molecule has 2 fully saturated rings. The van der Waals surface area contributed by atoms with E-state index in [0.29, 0.717) is 32.1 Å². The van der Waals surface area contributed by atoms with E-state index in [-0.39, 0.29) is 17.9 Å². The molecule has 1 atom stereocenters. The summed E-state index contributed by atoms with van der Waals surface area (Å²) < 4.78 is 14.0. The van der Waals surface area contributed by atoms with Gasteiger partial charge in [-0.1, -0.05) is 42.8 Å². The number of likely N-dealkylation sites (tertiary alicyclic amines) is 1. The van der Waals surface area contributed by atoms with Crippen LogP contribution in [-0.2, 0) is 9.53 Å². The van der Waals surface area contributed by atoms with Crippen LogP contribution in [-0.4, -0.2) is 51.6 Å². The molecular formula is C32H31N5O3. The van der Waals surface area contributed by atoms with Crippen molar-refractivity contribution in [3.05, 3.63) is 79.3 Å². The van der Waals surface area contributed by atoms with Crippen molar-refractivity contribution in [1.82, 2.24) is 19.4 Å². The number of piperidine rings is 1. The van der Waals surface area contributed by atoms with Gasteiger partial charge in [-0.05, 0) is 61.1 Å². The molecule has 2 aliphatic heterocycles. The summed E-state index contributed by atoms with van der Waals surface area (Å²) in [7, 11) is 0. The molecule has 40 heavy (non-hydrogen) atoms. The summed E-state index contributed by atoms with van der Waals surface area (Å²) in [5, 5.41) is 0.793. The Morgan fingerprint density at radius 2 is 1.80 bits per heavy atom. The summed E-state index contributed by atoms with van der Waals surface area (Å²) in [5.41, 5.74) is 9.98. The van der Waals surface area contributed by atoms with Crippen molar-refractivity contribution < 1.29 is 14.3 Å². The van der Waals surface area contributed by atoms with Crippen LogP contribution in [0.4, 0.5) is 5.82 Å². The molecule has 0 bridgehead atoms. The number of aromatic nitrogens is 3. The molecular weight excluding hydrogens is 502 g/mol. The second kappa shape index (κ2) is 11.2. The molecule has 0 radical (unpaired) electrons. The maximum Gasteiger partial charge on any atom is 0.245 e. The number of hydrogen-bond donors (Lipinski definition) is 1. The Balaban J connectivity index is 1.42. The van der Waals surface area contributed by atoms with Crippen molar-refractivity contribution in [2.24, 2.45) is 5.92 Å². The van der Waals surface area contributed by atoms with Crippen molar-refractivity contribution in [2.75, 3.05) is 32.0 Å². The van der Waals surface area contributed by atoms with Gasteiger partial charge in [0.15, 0.2) is 0 Å². The minimum atomic E-state index is -0.0243. The lowest BCUT2D eigenvalue weighted by atomic mass is 9.96. The predicted octanol–water partition coefficient (Wildman–Crippen LogP) is 5.21. The summed E-state index contributed by atoms with van der Waals surface area (Å²) in [4.78, 5) is 22.9. The topological polar surface area (TPSA) is 95.5 Å². The van der Waals surface area contributed by atoms with Gasteiger partial charge in [0.25, 0.3) is 0 Å². The Morgan fingerprint density at radius 1 is 1.05 bits per heavy atom. The van der Waals surface area contributed by atoms with Crippen molar-refractivity contribution in [1.29, 1.82) is 0 Å². The van der Waals surface area contributed by atoms with E-state index in [1.54, 1.807) is 0 Å². The molecule has 2 saturated heterocycles. The molecule has 0 saturated carbocycles. The van der Waals surface area contributed by atoms with Gasteiger partial charge in [-0.25, -0.2) is 9.97 Å². The van der Waals surface area contributed by atoms with E-state index in [1.807, 2.05) is 59.5 Å². The monoisotopic (exact) mass is 533 g/mol. The van der Waals surface area contributed by atoms with Crippen molar-refractivity contribution in [3.63, 3.8) is 0 Å². The highest BCUT2D eigenvalue weighted by Crippen LogP contribution is 2.40. The van der Waals surface area contributed by atoms with Crippen LogP contribution in [0.3, 0.4) is 0 Å². The van der Waals surface area contributed by atoms with E-state index < -0.39 is 0 Å². The van der Waals surface area contributed by atoms with Gasteiger partial charge in [-0.15, -0.1) is 0 Å². The van der Waals surface area contributed by atoms with E-state index >= 15 is 0 Å². The fourth-order valence-electron chi connectivity index (χ4n) is 5.50. The highest BCUT2D eigenvalue weighted by Gasteiger charge is 2.28. The van der Waals surface area contributed by atoms with E-state index in [9.17, 15) is 4.79 Å². The molecule has 2 aromatic carbocycles.